The lowest BCUT2D eigenvalue weighted by atomic mass is 10.1. The van der Waals surface area contributed by atoms with Gasteiger partial charge in [-0.1, -0.05) is 0 Å². The smallest absolute Gasteiger partial charge is 0.163 e. The van der Waals surface area contributed by atoms with Crippen LogP contribution in [-0.2, 0) is 6.54 Å². The van der Waals surface area contributed by atoms with E-state index in [0.29, 0.717) is 25.7 Å². The molecular weight excluding hydrogens is 229 g/mol. The summed E-state index contributed by atoms with van der Waals surface area (Å²) in [5.41, 5.74) is 0.0663. The number of hydrogen-bond donors (Lipinski definition) is 0. The largest absolute Gasteiger partial charge is 0.296 e. The molecule has 0 N–H and O–H groups in total. The van der Waals surface area contributed by atoms with Gasteiger partial charge in [-0.2, -0.15) is 0 Å². The first kappa shape index (κ1) is 12.4. The van der Waals surface area contributed by atoms with Crippen LogP contribution in [-0.4, -0.2) is 30.6 Å². The Hall–Kier alpha value is -1.07. The Bertz CT molecular complexity index is 409. The molecule has 0 aromatic heterocycles. The zero-order valence-electron chi connectivity index (χ0n) is 9.59. The standard InChI is InChI=1S/C12H14F3N2/c1-8-6-17(3-2-16-8)7-9-4-10(13)5-11(14)12(9)15/h4-5,8H,2-3,6-7H2,1H3/t8-/m1/s1. The van der Waals surface area contributed by atoms with Crippen molar-refractivity contribution >= 4 is 0 Å². The molecule has 0 spiro atoms. The third-order valence-corrected chi connectivity index (χ3v) is 2.84. The van der Waals surface area contributed by atoms with Crippen LogP contribution in [0.5, 0.6) is 0 Å². The summed E-state index contributed by atoms with van der Waals surface area (Å²) in [7, 11) is 0. The van der Waals surface area contributed by atoms with Crippen molar-refractivity contribution in [3.63, 3.8) is 0 Å². The first-order chi connectivity index (χ1) is 8.06. The molecule has 1 aliphatic rings. The number of nitrogens with zero attached hydrogens (tertiary/aromatic N) is 2. The minimum atomic E-state index is -1.13. The van der Waals surface area contributed by atoms with Crippen LogP contribution in [0.3, 0.4) is 0 Å². The van der Waals surface area contributed by atoms with E-state index >= 15 is 0 Å². The molecule has 1 radical (unpaired) electrons. The van der Waals surface area contributed by atoms with Crippen LogP contribution >= 0.6 is 0 Å². The number of hydrogen-bond acceptors (Lipinski definition) is 1. The molecule has 17 heavy (non-hydrogen) atoms. The maximum Gasteiger partial charge on any atom is 0.163 e. The minimum Gasteiger partial charge on any atom is -0.296 e. The Labute approximate surface area is 98.4 Å². The predicted octanol–water partition coefficient (Wildman–Crippen LogP) is 1.91. The van der Waals surface area contributed by atoms with Gasteiger partial charge in [-0.3, -0.25) is 4.90 Å². The highest BCUT2D eigenvalue weighted by molar-refractivity contribution is 5.20. The van der Waals surface area contributed by atoms with Crippen LogP contribution in [0.2, 0.25) is 0 Å². The van der Waals surface area contributed by atoms with E-state index < -0.39 is 17.5 Å². The molecule has 0 amide bonds. The molecular formula is C12H14F3N2. The van der Waals surface area contributed by atoms with Crippen molar-refractivity contribution in [2.24, 2.45) is 0 Å². The second-order valence-electron chi connectivity index (χ2n) is 4.35. The van der Waals surface area contributed by atoms with Crippen molar-refractivity contribution in [2.45, 2.75) is 19.5 Å². The van der Waals surface area contributed by atoms with Crippen molar-refractivity contribution in [3.05, 3.63) is 35.1 Å². The summed E-state index contributed by atoms with van der Waals surface area (Å²) in [6, 6.07) is 1.80. The van der Waals surface area contributed by atoms with Gasteiger partial charge in [0.1, 0.15) is 5.82 Å². The first-order valence-electron chi connectivity index (χ1n) is 5.58. The number of rotatable bonds is 2. The summed E-state index contributed by atoms with van der Waals surface area (Å²) in [4.78, 5) is 1.95. The second kappa shape index (κ2) is 5.06. The Morgan fingerprint density at radius 3 is 2.82 bits per heavy atom. The zero-order chi connectivity index (χ0) is 12.4. The van der Waals surface area contributed by atoms with Crippen LogP contribution in [0.1, 0.15) is 12.5 Å². The summed E-state index contributed by atoms with van der Waals surface area (Å²) in [6.45, 7) is 4.26. The summed E-state index contributed by atoms with van der Waals surface area (Å²) >= 11 is 0. The van der Waals surface area contributed by atoms with Crippen LogP contribution in [0.4, 0.5) is 13.2 Å². The molecule has 2 nitrogen and oxygen atoms in total. The lowest BCUT2D eigenvalue weighted by Gasteiger charge is -2.30. The molecule has 0 saturated carbocycles. The van der Waals surface area contributed by atoms with E-state index in [4.69, 9.17) is 0 Å². The van der Waals surface area contributed by atoms with Crippen molar-refractivity contribution in [3.8, 4) is 0 Å². The zero-order valence-corrected chi connectivity index (χ0v) is 9.59. The fourth-order valence-corrected chi connectivity index (χ4v) is 2.05. The molecule has 0 aliphatic carbocycles. The van der Waals surface area contributed by atoms with Crippen molar-refractivity contribution in [1.82, 2.24) is 10.2 Å². The quantitative estimate of drug-likeness (QED) is 0.725. The monoisotopic (exact) mass is 243 g/mol. The van der Waals surface area contributed by atoms with E-state index in [9.17, 15) is 13.2 Å². The predicted molar refractivity (Wildman–Crippen MR) is 58.1 cm³/mol. The average molecular weight is 243 g/mol. The highest BCUT2D eigenvalue weighted by atomic mass is 19.2. The van der Waals surface area contributed by atoms with E-state index in [-0.39, 0.29) is 18.2 Å². The number of halogens is 3. The van der Waals surface area contributed by atoms with Gasteiger partial charge >= 0.3 is 0 Å². The molecule has 1 atom stereocenters. The van der Waals surface area contributed by atoms with Gasteiger partial charge in [0.2, 0.25) is 0 Å². The molecule has 1 aliphatic heterocycles. The van der Waals surface area contributed by atoms with Crippen LogP contribution < -0.4 is 5.32 Å². The molecule has 1 aromatic carbocycles. The van der Waals surface area contributed by atoms with Crippen LogP contribution in [0, 0.1) is 17.5 Å². The van der Waals surface area contributed by atoms with Gasteiger partial charge in [0.05, 0.1) is 0 Å². The maximum atomic E-state index is 13.4. The molecule has 2 rings (SSSR count). The van der Waals surface area contributed by atoms with Gasteiger partial charge in [-0.05, 0) is 13.0 Å². The topological polar surface area (TPSA) is 17.3 Å². The lowest BCUT2D eigenvalue weighted by Crippen LogP contribution is -2.45. The molecule has 1 aromatic rings. The third-order valence-electron chi connectivity index (χ3n) is 2.84. The number of piperazine rings is 1. The fourth-order valence-electron chi connectivity index (χ4n) is 2.05. The minimum absolute atomic E-state index is 0.0663. The second-order valence-corrected chi connectivity index (χ2v) is 4.35. The molecule has 1 saturated heterocycles. The Balaban J connectivity index is 2.12. The summed E-state index contributed by atoms with van der Waals surface area (Å²) in [5.74, 6) is -2.83. The van der Waals surface area contributed by atoms with Crippen LogP contribution in [0.15, 0.2) is 12.1 Å². The normalized spacial score (nSPS) is 21.8. The van der Waals surface area contributed by atoms with Gasteiger partial charge in [-0.15, -0.1) is 0 Å². The van der Waals surface area contributed by atoms with E-state index in [2.05, 4.69) is 5.32 Å². The SMILES string of the molecule is C[C@@H]1CN(Cc2cc(F)cc(F)c2F)CC[N]1. The van der Waals surface area contributed by atoms with E-state index in [1.54, 1.807) is 0 Å². The Morgan fingerprint density at radius 1 is 1.35 bits per heavy atom. The van der Waals surface area contributed by atoms with Gasteiger partial charge in [0, 0.05) is 43.9 Å². The molecule has 1 fully saturated rings. The molecule has 1 heterocycles. The van der Waals surface area contributed by atoms with Crippen LogP contribution in [0.25, 0.3) is 0 Å². The number of benzene rings is 1. The highest BCUT2D eigenvalue weighted by Crippen LogP contribution is 2.17. The van der Waals surface area contributed by atoms with E-state index in [1.165, 1.54) is 0 Å². The van der Waals surface area contributed by atoms with Gasteiger partial charge in [0.25, 0.3) is 0 Å². The van der Waals surface area contributed by atoms with Crippen molar-refractivity contribution in [2.75, 3.05) is 19.6 Å². The average Bonchev–Trinajstić information content (AvgIpc) is 2.25. The summed E-state index contributed by atoms with van der Waals surface area (Å²) < 4.78 is 39.5. The summed E-state index contributed by atoms with van der Waals surface area (Å²) in [5, 5.41) is 4.30. The van der Waals surface area contributed by atoms with E-state index in [0.717, 1.165) is 6.07 Å². The summed E-state index contributed by atoms with van der Waals surface area (Å²) in [6.07, 6.45) is 0. The Kier molecular flexibility index (Phi) is 3.69. The molecule has 0 unspecified atom stereocenters. The van der Waals surface area contributed by atoms with E-state index in [1.807, 2.05) is 11.8 Å². The molecule has 5 heteroatoms. The van der Waals surface area contributed by atoms with Gasteiger partial charge < -0.3 is 0 Å². The highest BCUT2D eigenvalue weighted by Gasteiger charge is 2.19. The fraction of sp³-hybridized carbons (Fsp3) is 0.500. The Morgan fingerprint density at radius 2 is 2.12 bits per heavy atom. The van der Waals surface area contributed by atoms with Gasteiger partial charge in [-0.25, -0.2) is 18.5 Å². The molecule has 0 bridgehead atoms. The lowest BCUT2D eigenvalue weighted by molar-refractivity contribution is 0.193. The first-order valence-corrected chi connectivity index (χ1v) is 5.58. The third kappa shape index (κ3) is 2.98. The maximum absolute atomic E-state index is 13.4. The van der Waals surface area contributed by atoms with Gasteiger partial charge in [0.15, 0.2) is 11.6 Å². The van der Waals surface area contributed by atoms with Crippen molar-refractivity contribution in [1.29, 1.82) is 0 Å². The molecule has 93 valence electrons. The van der Waals surface area contributed by atoms with Crippen molar-refractivity contribution < 1.29 is 13.2 Å².